The topological polar surface area (TPSA) is 121 Å². The molecule has 170 valence electrons. The van der Waals surface area contributed by atoms with Crippen LogP contribution in [-0.4, -0.2) is 47.5 Å². The third-order valence-electron chi connectivity index (χ3n) is 4.60. The second-order valence-electron chi connectivity index (χ2n) is 6.94. The molecule has 1 aliphatic heterocycles. The van der Waals surface area contributed by atoms with Crippen LogP contribution in [0.25, 0.3) is 5.69 Å². The number of esters is 1. The van der Waals surface area contributed by atoms with E-state index in [1.54, 1.807) is 49.4 Å². The largest absolute Gasteiger partial charge is 0.486 e. The van der Waals surface area contributed by atoms with Gasteiger partial charge in [0.1, 0.15) is 23.9 Å². The first-order chi connectivity index (χ1) is 15.9. The number of benzene rings is 2. The predicted octanol–water partition coefficient (Wildman–Crippen LogP) is 3.11. The summed E-state index contributed by atoms with van der Waals surface area (Å²) in [6, 6.07) is 13.0. The van der Waals surface area contributed by atoms with Crippen molar-refractivity contribution < 1.29 is 28.6 Å². The lowest BCUT2D eigenvalue weighted by Gasteiger charge is -2.19. The number of carbonyl (C=O) groups excluding carboxylic acids is 3. The van der Waals surface area contributed by atoms with E-state index in [-0.39, 0.29) is 10.7 Å². The Labute approximate surface area is 193 Å². The van der Waals surface area contributed by atoms with Crippen molar-refractivity contribution in [1.29, 1.82) is 0 Å². The van der Waals surface area contributed by atoms with Gasteiger partial charge in [0.25, 0.3) is 5.91 Å². The Kier molecular flexibility index (Phi) is 6.45. The number of hydrogen-bond donors (Lipinski definition) is 2. The van der Waals surface area contributed by atoms with E-state index >= 15 is 0 Å². The van der Waals surface area contributed by atoms with Crippen LogP contribution in [0.2, 0.25) is 5.15 Å². The molecule has 0 bridgehead atoms. The molecule has 2 N–H and O–H groups in total. The van der Waals surface area contributed by atoms with Crippen molar-refractivity contribution in [3.8, 4) is 17.2 Å². The molecule has 3 aromatic rings. The smallest absolute Gasteiger partial charge is 0.343 e. The molecule has 2 heterocycles. The summed E-state index contributed by atoms with van der Waals surface area (Å²) in [5.74, 6) is -0.591. The van der Waals surface area contributed by atoms with Gasteiger partial charge in [-0.05, 0) is 31.2 Å². The maximum absolute atomic E-state index is 12.5. The Balaban J connectivity index is 1.32. The van der Waals surface area contributed by atoms with E-state index in [9.17, 15) is 14.4 Å². The van der Waals surface area contributed by atoms with E-state index in [1.165, 1.54) is 4.68 Å². The first-order valence-electron chi connectivity index (χ1n) is 9.90. The number of hydrogen-bond acceptors (Lipinski definition) is 7. The minimum Gasteiger partial charge on any atom is -0.486 e. The van der Waals surface area contributed by atoms with Crippen molar-refractivity contribution in [3.05, 3.63) is 64.9 Å². The molecule has 1 aromatic heterocycles. The summed E-state index contributed by atoms with van der Waals surface area (Å²) in [7, 11) is 0. The van der Waals surface area contributed by atoms with Gasteiger partial charge in [-0.15, -0.1) is 0 Å². The van der Waals surface area contributed by atoms with Crippen LogP contribution < -0.4 is 20.1 Å². The Morgan fingerprint density at radius 2 is 1.82 bits per heavy atom. The summed E-state index contributed by atoms with van der Waals surface area (Å²) in [5, 5.41) is 8.89. The minimum absolute atomic E-state index is 0.0362. The number of amides is 3. The van der Waals surface area contributed by atoms with Crippen LogP contribution in [0.1, 0.15) is 16.1 Å². The normalized spacial score (nSPS) is 12.1. The van der Waals surface area contributed by atoms with Gasteiger partial charge in [-0.2, -0.15) is 5.10 Å². The predicted molar refractivity (Wildman–Crippen MR) is 118 cm³/mol. The average Bonchev–Trinajstić information content (AvgIpc) is 3.11. The zero-order valence-electron chi connectivity index (χ0n) is 17.5. The molecular formula is C22H19ClN4O6. The molecule has 1 aliphatic rings. The molecule has 0 unspecified atom stereocenters. The molecule has 0 aliphatic carbocycles. The van der Waals surface area contributed by atoms with Crippen molar-refractivity contribution in [3.63, 3.8) is 0 Å². The minimum atomic E-state index is -0.831. The van der Waals surface area contributed by atoms with Gasteiger partial charge in [-0.1, -0.05) is 29.8 Å². The maximum Gasteiger partial charge on any atom is 0.343 e. The molecule has 0 saturated carbocycles. The molecule has 0 spiro atoms. The number of nitrogens with one attached hydrogen (secondary N) is 2. The molecule has 11 heteroatoms. The molecule has 0 atom stereocenters. The zero-order valence-corrected chi connectivity index (χ0v) is 18.2. The molecule has 3 amide bonds. The van der Waals surface area contributed by atoms with Gasteiger partial charge in [0.05, 0.1) is 11.4 Å². The van der Waals surface area contributed by atoms with E-state index < -0.39 is 24.5 Å². The number of fused-ring (bicyclic) bond motifs is 1. The van der Waals surface area contributed by atoms with Gasteiger partial charge in [0, 0.05) is 11.8 Å². The molecule has 10 nitrogen and oxygen atoms in total. The fraction of sp³-hybridized carbons (Fsp3) is 0.182. The Morgan fingerprint density at radius 1 is 1.09 bits per heavy atom. The van der Waals surface area contributed by atoms with E-state index in [0.29, 0.717) is 41.8 Å². The molecule has 4 rings (SSSR count). The SMILES string of the molecule is Cc1nn(-c2ccccc2)c(Cl)c1C(=O)OCC(=O)NC(=O)Nc1ccc2c(c1)OCCO2. The van der Waals surface area contributed by atoms with Gasteiger partial charge in [0.2, 0.25) is 0 Å². The number of anilines is 1. The maximum atomic E-state index is 12.5. The van der Waals surface area contributed by atoms with Gasteiger partial charge in [-0.25, -0.2) is 14.3 Å². The van der Waals surface area contributed by atoms with E-state index in [0.717, 1.165) is 0 Å². The lowest BCUT2D eigenvalue weighted by atomic mass is 10.2. The van der Waals surface area contributed by atoms with E-state index in [4.69, 9.17) is 25.8 Å². The monoisotopic (exact) mass is 470 g/mol. The number of aryl methyl sites for hydroxylation is 1. The summed E-state index contributed by atoms with van der Waals surface area (Å²) in [6.45, 7) is 1.77. The van der Waals surface area contributed by atoms with Crippen LogP contribution >= 0.6 is 11.6 Å². The molecule has 0 saturated heterocycles. The Bertz CT molecular complexity index is 1210. The van der Waals surface area contributed by atoms with Crippen molar-refractivity contribution >= 4 is 35.2 Å². The van der Waals surface area contributed by atoms with E-state index in [2.05, 4.69) is 15.7 Å². The summed E-state index contributed by atoms with van der Waals surface area (Å²) < 4.78 is 17.3. The van der Waals surface area contributed by atoms with Crippen LogP contribution in [0.5, 0.6) is 11.5 Å². The first kappa shape index (κ1) is 22.2. The number of para-hydroxylation sites is 1. The van der Waals surface area contributed by atoms with Crippen LogP contribution in [0, 0.1) is 6.92 Å². The highest BCUT2D eigenvalue weighted by molar-refractivity contribution is 6.33. The summed E-state index contributed by atoms with van der Waals surface area (Å²) in [5.41, 5.74) is 1.44. The number of halogens is 1. The fourth-order valence-corrected chi connectivity index (χ4v) is 3.47. The number of carbonyl (C=O) groups is 3. The second kappa shape index (κ2) is 9.61. The van der Waals surface area contributed by atoms with Crippen LogP contribution in [0.4, 0.5) is 10.5 Å². The number of imide groups is 1. The molecule has 2 aromatic carbocycles. The summed E-state index contributed by atoms with van der Waals surface area (Å²) >= 11 is 6.32. The number of aromatic nitrogens is 2. The fourth-order valence-electron chi connectivity index (χ4n) is 3.12. The average molecular weight is 471 g/mol. The molecule has 0 fully saturated rings. The van der Waals surface area contributed by atoms with Gasteiger partial charge in [0.15, 0.2) is 18.1 Å². The molecule has 33 heavy (non-hydrogen) atoms. The van der Waals surface area contributed by atoms with Crippen LogP contribution in [0.15, 0.2) is 48.5 Å². The number of nitrogens with zero attached hydrogens (tertiary/aromatic N) is 2. The standard InChI is InChI=1S/C22H19ClN4O6/c1-13-19(20(23)27(26-13)15-5-3-2-4-6-15)21(29)33-12-18(28)25-22(30)24-14-7-8-16-17(11-14)32-10-9-31-16/h2-8,11H,9-10,12H2,1H3,(H2,24,25,28,30). The second-order valence-corrected chi connectivity index (χ2v) is 7.29. The van der Waals surface area contributed by atoms with Gasteiger partial charge >= 0.3 is 12.0 Å². The van der Waals surface area contributed by atoms with Crippen LogP contribution in [-0.2, 0) is 9.53 Å². The third-order valence-corrected chi connectivity index (χ3v) is 4.95. The lowest BCUT2D eigenvalue weighted by molar-refractivity contribution is -0.123. The van der Waals surface area contributed by atoms with Gasteiger partial charge < -0.3 is 19.5 Å². The van der Waals surface area contributed by atoms with E-state index in [1.807, 2.05) is 6.07 Å². The first-order valence-corrected chi connectivity index (χ1v) is 10.3. The van der Waals surface area contributed by atoms with Crippen molar-refractivity contribution in [1.82, 2.24) is 15.1 Å². The van der Waals surface area contributed by atoms with Gasteiger partial charge in [-0.3, -0.25) is 10.1 Å². The van der Waals surface area contributed by atoms with Crippen molar-refractivity contribution in [2.75, 3.05) is 25.1 Å². The zero-order chi connectivity index (χ0) is 23.4. The highest BCUT2D eigenvalue weighted by atomic mass is 35.5. The summed E-state index contributed by atoms with van der Waals surface area (Å²) in [6.07, 6.45) is 0. The summed E-state index contributed by atoms with van der Waals surface area (Å²) in [4.78, 5) is 36.6. The highest BCUT2D eigenvalue weighted by Gasteiger charge is 2.23. The highest BCUT2D eigenvalue weighted by Crippen LogP contribution is 2.32. The number of rotatable bonds is 5. The quantitative estimate of drug-likeness (QED) is 0.549. The molecule has 0 radical (unpaired) electrons. The van der Waals surface area contributed by atoms with Crippen molar-refractivity contribution in [2.24, 2.45) is 0 Å². The van der Waals surface area contributed by atoms with Crippen molar-refractivity contribution in [2.45, 2.75) is 6.92 Å². The third kappa shape index (κ3) is 5.07. The Morgan fingerprint density at radius 3 is 2.58 bits per heavy atom. The number of ether oxygens (including phenoxy) is 3. The Hall–Kier alpha value is -4.05. The lowest BCUT2D eigenvalue weighted by Crippen LogP contribution is -2.37. The number of urea groups is 1. The van der Waals surface area contributed by atoms with Crippen LogP contribution in [0.3, 0.4) is 0 Å². The molecular weight excluding hydrogens is 452 g/mol.